The van der Waals surface area contributed by atoms with E-state index >= 15 is 0 Å². The number of aryl methyl sites for hydroxylation is 1. The summed E-state index contributed by atoms with van der Waals surface area (Å²) in [5, 5.41) is 5.74. The molecule has 0 bridgehead atoms. The number of hydrogen-bond acceptors (Lipinski definition) is 5. The summed E-state index contributed by atoms with van der Waals surface area (Å²) in [5.41, 5.74) is 1.34. The minimum atomic E-state index is -4.58. The molecule has 0 saturated heterocycles. The highest BCUT2D eigenvalue weighted by Gasteiger charge is 2.35. The van der Waals surface area contributed by atoms with Crippen LogP contribution in [-0.4, -0.2) is 16.1 Å². The molecule has 1 aliphatic carbocycles. The predicted molar refractivity (Wildman–Crippen MR) is 119 cm³/mol. The van der Waals surface area contributed by atoms with Crippen LogP contribution in [0.25, 0.3) is 0 Å². The Morgan fingerprint density at radius 1 is 0.938 bits per heavy atom. The normalized spacial score (nSPS) is 14.4. The van der Waals surface area contributed by atoms with Crippen molar-refractivity contribution >= 4 is 23.1 Å². The van der Waals surface area contributed by atoms with E-state index in [0.29, 0.717) is 11.4 Å². The van der Waals surface area contributed by atoms with Crippen LogP contribution in [0.2, 0.25) is 0 Å². The van der Waals surface area contributed by atoms with Crippen LogP contribution in [0.15, 0.2) is 54.7 Å². The van der Waals surface area contributed by atoms with Gasteiger partial charge in [0, 0.05) is 17.6 Å². The fourth-order valence-electron chi connectivity index (χ4n) is 3.65. The number of nitrogens with zero attached hydrogens (tertiary/aromatic N) is 2. The van der Waals surface area contributed by atoms with E-state index in [1.807, 2.05) is 31.2 Å². The van der Waals surface area contributed by atoms with Crippen molar-refractivity contribution in [3.05, 3.63) is 65.9 Å². The third-order valence-corrected chi connectivity index (χ3v) is 5.43. The van der Waals surface area contributed by atoms with Crippen molar-refractivity contribution in [1.82, 2.24) is 9.97 Å². The summed E-state index contributed by atoms with van der Waals surface area (Å²) in [7, 11) is 0. The molecule has 0 atom stereocenters. The van der Waals surface area contributed by atoms with E-state index in [1.54, 1.807) is 24.3 Å². The molecule has 2 aromatic carbocycles. The lowest BCUT2D eigenvalue weighted by atomic mass is 10.1. The SMILES string of the molecule is CCc1ccc(Nc2nc(Nc3ccc(OC4CCCC4)cc3)ncc2C(F)(F)F)cc1. The number of ether oxygens (including phenoxy) is 1. The van der Waals surface area contributed by atoms with Crippen molar-refractivity contribution in [3.8, 4) is 5.75 Å². The van der Waals surface area contributed by atoms with Crippen molar-refractivity contribution in [2.24, 2.45) is 0 Å². The standard InChI is InChI=1S/C24H25F3N4O/c1-2-16-7-9-17(10-8-16)29-22-21(24(25,26)27)15-28-23(31-22)30-18-11-13-20(14-12-18)32-19-5-3-4-6-19/h7-15,19H,2-6H2,1H3,(H2,28,29,30,31). The Labute approximate surface area is 185 Å². The van der Waals surface area contributed by atoms with Crippen LogP contribution < -0.4 is 15.4 Å². The molecule has 5 nitrogen and oxygen atoms in total. The molecule has 1 aliphatic rings. The van der Waals surface area contributed by atoms with Gasteiger partial charge in [0.15, 0.2) is 0 Å². The summed E-state index contributed by atoms with van der Waals surface area (Å²) in [6, 6.07) is 14.5. The number of alkyl halides is 3. The molecule has 1 aromatic heterocycles. The average molecular weight is 442 g/mol. The maximum atomic E-state index is 13.5. The van der Waals surface area contributed by atoms with Gasteiger partial charge in [-0.25, -0.2) is 4.98 Å². The largest absolute Gasteiger partial charge is 0.490 e. The Kier molecular flexibility index (Phi) is 6.48. The fraction of sp³-hybridized carbons (Fsp3) is 0.333. The van der Waals surface area contributed by atoms with Gasteiger partial charge in [-0.05, 0) is 74.1 Å². The Hall–Kier alpha value is -3.29. The Balaban J connectivity index is 1.51. The Morgan fingerprint density at radius 2 is 1.56 bits per heavy atom. The van der Waals surface area contributed by atoms with Crippen molar-refractivity contribution < 1.29 is 17.9 Å². The molecule has 4 rings (SSSR count). The number of nitrogens with one attached hydrogen (secondary N) is 2. The number of anilines is 4. The molecule has 168 valence electrons. The summed E-state index contributed by atoms with van der Waals surface area (Å²) in [6.45, 7) is 2.01. The highest BCUT2D eigenvalue weighted by Crippen LogP contribution is 2.35. The zero-order valence-corrected chi connectivity index (χ0v) is 17.7. The van der Waals surface area contributed by atoms with Gasteiger partial charge in [-0.3, -0.25) is 0 Å². The minimum absolute atomic E-state index is 0.0649. The third-order valence-electron chi connectivity index (χ3n) is 5.43. The first-order chi connectivity index (χ1) is 15.4. The van der Waals surface area contributed by atoms with E-state index in [2.05, 4.69) is 20.6 Å². The second-order valence-electron chi connectivity index (χ2n) is 7.80. The Bertz CT molecular complexity index is 1030. The number of hydrogen-bond donors (Lipinski definition) is 2. The van der Waals surface area contributed by atoms with Crippen molar-refractivity contribution in [1.29, 1.82) is 0 Å². The molecule has 0 aliphatic heterocycles. The van der Waals surface area contributed by atoms with Gasteiger partial charge in [0.05, 0.1) is 6.10 Å². The van der Waals surface area contributed by atoms with Gasteiger partial charge in [0.1, 0.15) is 17.1 Å². The first-order valence-corrected chi connectivity index (χ1v) is 10.7. The second kappa shape index (κ2) is 9.46. The molecule has 1 fully saturated rings. The van der Waals surface area contributed by atoms with Gasteiger partial charge in [-0.1, -0.05) is 19.1 Å². The quantitative estimate of drug-likeness (QED) is 0.418. The van der Waals surface area contributed by atoms with Crippen LogP contribution in [0.3, 0.4) is 0 Å². The average Bonchev–Trinajstić information content (AvgIpc) is 3.28. The van der Waals surface area contributed by atoms with E-state index < -0.39 is 11.7 Å². The van der Waals surface area contributed by atoms with E-state index in [0.717, 1.165) is 36.8 Å². The number of rotatable bonds is 7. The van der Waals surface area contributed by atoms with Gasteiger partial charge in [0.25, 0.3) is 0 Å². The van der Waals surface area contributed by atoms with Crippen LogP contribution in [0, 0.1) is 0 Å². The third kappa shape index (κ3) is 5.49. The topological polar surface area (TPSA) is 59.1 Å². The molecule has 0 amide bonds. The fourth-order valence-corrected chi connectivity index (χ4v) is 3.65. The Morgan fingerprint density at radius 3 is 2.19 bits per heavy atom. The molecule has 1 heterocycles. The molecular weight excluding hydrogens is 417 g/mol. The lowest BCUT2D eigenvalue weighted by Crippen LogP contribution is -2.12. The molecule has 2 N–H and O–H groups in total. The maximum absolute atomic E-state index is 13.5. The van der Waals surface area contributed by atoms with Crippen molar-refractivity contribution in [2.45, 2.75) is 51.3 Å². The van der Waals surface area contributed by atoms with E-state index in [1.165, 1.54) is 12.8 Å². The highest BCUT2D eigenvalue weighted by molar-refractivity contribution is 5.63. The number of halogens is 3. The first kappa shape index (κ1) is 21.9. The van der Waals surface area contributed by atoms with Gasteiger partial charge in [-0.15, -0.1) is 0 Å². The smallest absolute Gasteiger partial charge is 0.421 e. The van der Waals surface area contributed by atoms with Crippen LogP contribution >= 0.6 is 0 Å². The highest BCUT2D eigenvalue weighted by atomic mass is 19.4. The minimum Gasteiger partial charge on any atom is -0.490 e. The molecule has 3 aromatic rings. The molecule has 8 heteroatoms. The lowest BCUT2D eigenvalue weighted by molar-refractivity contribution is -0.137. The molecule has 0 unspecified atom stereocenters. The molecule has 0 spiro atoms. The van der Waals surface area contributed by atoms with Crippen molar-refractivity contribution in [3.63, 3.8) is 0 Å². The second-order valence-corrected chi connectivity index (χ2v) is 7.80. The van der Waals surface area contributed by atoms with Gasteiger partial charge in [0.2, 0.25) is 5.95 Å². The summed E-state index contributed by atoms with van der Waals surface area (Å²) < 4.78 is 46.4. The zero-order chi connectivity index (χ0) is 22.6. The van der Waals surface area contributed by atoms with E-state index in [-0.39, 0.29) is 17.9 Å². The van der Waals surface area contributed by atoms with Crippen molar-refractivity contribution in [2.75, 3.05) is 10.6 Å². The van der Waals surface area contributed by atoms with E-state index in [4.69, 9.17) is 4.74 Å². The first-order valence-electron chi connectivity index (χ1n) is 10.7. The zero-order valence-electron chi connectivity index (χ0n) is 17.7. The summed E-state index contributed by atoms with van der Waals surface area (Å²) >= 11 is 0. The van der Waals surface area contributed by atoms with Crippen LogP contribution in [0.1, 0.15) is 43.7 Å². The van der Waals surface area contributed by atoms with E-state index in [9.17, 15) is 13.2 Å². The summed E-state index contributed by atoms with van der Waals surface area (Å²) in [4.78, 5) is 7.96. The number of benzene rings is 2. The van der Waals surface area contributed by atoms with Gasteiger partial charge < -0.3 is 15.4 Å². The molecule has 32 heavy (non-hydrogen) atoms. The lowest BCUT2D eigenvalue weighted by Gasteiger charge is -2.16. The monoisotopic (exact) mass is 442 g/mol. The molecule has 1 saturated carbocycles. The predicted octanol–water partition coefficient (Wildman–Crippen LogP) is 6.87. The van der Waals surface area contributed by atoms with Gasteiger partial charge >= 0.3 is 6.18 Å². The van der Waals surface area contributed by atoms with Crippen LogP contribution in [0.5, 0.6) is 5.75 Å². The van der Waals surface area contributed by atoms with Gasteiger partial charge in [-0.2, -0.15) is 18.2 Å². The molecular formula is C24H25F3N4O. The van der Waals surface area contributed by atoms with Crippen LogP contribution in [-0.2, 0) is 12.6 Å². The number of aromatic nitrogens is 2. The maximum Gasteiger partial charge on any atom is 0.421 e. The summed E-state index contributed by atoms with van der Waals surface area (Å²) in [6.07, 6.45) is 1.82. The van der Waals surface area contributed by atoms with Crippen LogP contribution in [0.4, 0.5) is 36.3 Å². The summed E-state index contributed by atoms with van der Waals surface area (Å²) in [5.74, 6) is 0.532. The molecule has 0 radical (unpaired) electrons.